The second-order valence-corrected chi connectivity index (χ2v) is 8.42. The molecule has 0 bridgehead atoms. The highest BCUT2D eigenvalue weighted by molar-refractivity contribution is 9.10. The molecule has 1 unspecified atom stereocenters. The van der Waals surface area contributed by atoms with Gasteiger partial charge in [-0.3, -0.25) is 9.59 Å². The van der Waals surface area contributed by atoms with E-state index in [1.165, 1.54) is 24.3 Å². The van der Waals surface area contributed by atoms with E-state index < -0.39 is 6.10 Å². The Kier molecular flexibility index (Phi) is 4.97. The molecule has 2 aliphatic rings. The minimum Gasteiger partial charge on any atom is -0.387 e. The maximum Gasteiger partial charge on any atom is 0.254 e. The van der Waals surface area contributed by atoms with Crippen LogP contribution in [0.15, 0.2) is 46.9 Å². The van der Waals surface area contributed by atoms with Gasteiger partial charge in [0.15, 0.2) is 0 Å². The predicted octanol–water partition coefficient (Wildman–Crippen LogP) is 2.93. The minimum absolute atomic E-state index is 0.00116. The van der Waals surface area contributed by atoms with Crippen molar-refractivity contribution in [3.63, 3.8) is 0 Å². The van der Waals surface area contributed by atoms with Crippen LogP contribution in [0.5, 0.6) is 0 Å². The van der Waals surface area contributed by atoms with E-state index in [4.69, 9.17) is 0 Å². The number of carbonyl (C=O) groups is 2. The topological polar surface area (TPSA) is 69.6 Å². The minimum atomic E-state index is -0.936. The third-order valence-corrected chi connectivity index (χ3v) is 5.99. The van der Waals surface area contributed by atoms with Crippen LogP contribution in [0, 0.1) is 5.82 Å². The summed E-state index contributed by atoms with van der Waals surface area (Å²) in [6.45, 7) is 0.483. The fourth-order valence-corrected chi connectivity index (χ4v) is 4.14. The van der Waals surface area contributed by atoms with E-state index in [0.29, 0.717) is 17.7 Å². The Bertz CT molecular complexity index is 928. The average molecular weight is 447 g/mol. The summed E-state index contributed by atoms with van der Waals surface area (Å²) in [6.07, 6.45) is 1.07. The second-order valence-electron chi connectivity index (χ2n) is 7.50. The Balaban J connectivity index is 1.39. The van der Waals surface area contributed by atoms with E-state index in [-0.39, 0.29) is 36.1 Å². The molecule has 5 nitrogen and oxygen atoms in total. The highest BCUT2D eigenvalue weighted by atomic mass is 79.9. The molecule has 0 radical (unpaired) electrons. The number of aliphatic hydroxyl groups is 1. The fraction of sp³-hybridized carbons (Fsp3) is 0.333. The van der Waals surface area contributed by atoms with Crippen LogP contribution in [0.25, 0.3) is 0 Å². The smallest absolute Gasteiger partial charge is 0.254 e. The first-order valence-corrected chi connectivity index (χ1v) is 9.97. The SMILES string of the molecule is O=C(CN1CC2(CC2)c2cc(Br)ccc2C1=O)NCC(O)c1ccc(F)cc1. The van der Waals surface area contributed by atoms with E-state index in [2.05, 4.69) is 21.2 Å². The molecular formula is C21H20BrFN2O3. The van der Waals surface area contributed by atoms with Crippen molar-refractivity contribution < 1.29 is 19.1 Å². The summed E-state index contributed by atoms with van der Waals surface area (Å²) in [4.78, 5) is 26.8. The molecule has 1 fully saturated rings. The number of carbonyl (C=O) groups excluding carboxylic acids is 2. The molecular weight excluding hydrogens is 427 g/mol. The van der Waals surface area contributed by atoms with Crippen LogP contribution in [0.3, 0.4) is 0 Å². The van der Waals surface area contributed by atoms with Gasteiger partial charge in [-0.25, -0.2) is 4.39 Å². The van der Waals surface area contributed by atoms with Gasteiger partial charge in [-0.05, 0) is 54.3 Å². The normalized spacial score (nSPS) is 18.0. The Morgan fingerprint density at radius 3 is 2.64 bits per heavy atom. The highest BCUT2D eigenvalue weighted by Gasteiger charge is 2.51. The third kappa shape index (κ3) is 3.69. The first-order valence-electron chi connectivity index (χ1n) is 9.17. The number of amides is 2. The molecule has 0 aromatic heterocycles. The van der Waals surface area contributed by atoms with E-state index in [1.54, 1.807) is 4.90 Å². The van der Waals surface area contributed by atoms with E-state index in [1.807, 2.05) is 18.2 Å². The molecule has 2 N–H and O–H groups in total. The van der Waals surface area contributed by atoms with Crippen molar-refractivity contribution in [2.24, 2.45) is 0 Å². The fourth-order valence-electron chi connectivity index (χ4n) is 3.78. The van der Waals surface area contributed by atoms with Gasteiger partial charge in [-0.2, -0.15) is 0 Å². The summed E-state index contributed by atoms with van der Waals surface area (Å²) in [5.74, 6) is -0.856. The molecule has 0 saturated heterocycles. The van der Waals surface area contributed by atoms with Crippen LogP contribution < -0.4 is 5.32 Å². The molecule has 4 rings (SSSR count). The molecule has 28 heavy (non-hydrogen) atoms. The summed E-state index contributed by atoms with van der Waals surface area (Å²) in [5, 5.41) is 12.8. The van der Waals surface area contributed by atoms with Gasteiger partial charge in [0.25, 0.3) is 5.91 Å². The van der Waals surface area contributed by atoms with Gasteiger partial charge in [0.1, 0.15) is 5.82 Å². The van der Waals surface area contributed by atoms with E-state index >= 15 is 0 Å². The number of nitrogens with one attached hydrogen (secondary N) is 1. The average Bonchev–Trinajstić information content (AvgIpc) is 3.45. The van der Waals surface area contributed by atoms with Crippen LogP contribution in [0.2, 0.25) is 0 Å². The molecule has 1 heterocycles. The zero-order valence-electron chi connectivity index (χ0n) is 15.1. The molecule has 2 aromatic rings. The Labute approximate surface area is 170 Å². The van der Waals surface area contributed by atoms with Crippen molar-refractivity contribution in [3.8, 4) is 0 Å². The van der Waals surface area contributed by atoms with Gasteiger partial charge in [-0.1, -0.05) is 28.1 Å². The lowest BCUT2D eigenvalue weighted by Gasteiger charge is -2.34. The van der Waals surface area contributed by atoms with Crippen LogP contribution in [0.1, 0.15) is 40.4 Å². The van der Waals surface area contributed by atoms with Gasteiger partial charge < -0.3 is 15.3 Å². The van der Waals surface area contributed by atoms with Gasteiger partial charge in [-0.15, -0.1) is 0 Å². The zero-order chi connectivity index (χ0) is 19.9. The molecule has 7 heteroatoms. The highest BCUT2D eigenvalue weighted by Crippen LogP contribution is 2.52. The summed E-state index contributed by atoms with van der Waals surface area (Å²) < 4.78 is 13.9. The number of fused-ring (bicyclic) bond motifs is 2. The number of hydrogen-bond acceptors (Lipinski definition) is 3. The van der Waals surface area contributed by atoms with Crippen molar-refractivity contribution in [2.45, 2.75) is 24.4 Å². The van der Waals surface area contributed by atoms with Gasteiger partial charge in [0, 0.05) is 28.5 Å². The second kappa shape index (κ2) is 7.29. The maximum atomic E-state index is 13.0. The van der Waals surface area contributed by atoms with Crippen molar-refractivity contribution in [1.82, 2.24) is 10.2 Å². The largest absolute Gasteiger partial charge is 0.387 e. The van der Waals surface area contributed by atoms with Crippen LogP contribution in [0.4, 0.5) is 4.39 Å². The monoisotopic (exact) mass is 446 g/mol. The first-order chi connectivity index (χ1) is 13.4. The molecule has 146 valence electrons. The van der Waals surface area contributed by atoms with Crippen LogP contribution in [-0.2, 0) is 10.2 Å². The van der Waals surface area contributed by atoms with Gasteiger partial charge >= 0.3 is 0 Å². The van der Waals surface area contributed by atoms with Crippen LogP contribution >= 0.6 is 15.9 Å². The Morgan fingerprint density at radius 1 is 1.25 bits per heavy atom. The predicted molar refractivity (Wildman–Crippen MR) is 105 cm³/mol. The standard InChI is InChI=1S/C21H20BrFN2O3/c22-14-3-6-16-17(9-14)21(7-8-21)12-25(20(16)28)11-19(27)24-10-18(26)13-1-4-15(23)5-2-13/h1-6,9,18,26H,7-8,10-12H2,(H,24,27). The molecule has 1 atom stereocenters. The number of benzene rings is 2. The number of nitrogens with zero attached hydrogens (tertiary/aromatic N) is 1. The Hall–Kier alpha value is -2.25. The van der Waals surface area contributed by atoms with Gasteiger partial charge in [0.2, 0.25) is 5.91 Å². The summed E-state index contributed by atoms with van der Waals surface area (Å²) in [7, 11) is 0. The van der Waals surface area contributed by atoms with Crippen molar-refractivity contribution in [3.05, 3.63) is 69.4 Å². The quantitative estimate of drug-likeness (QED) is 0.741. The lowest BCUT2D eigenvalue weighted by atomic mass is 9.86. The summed E-state index contributed by atoms with van der Waals surface area (Å²) in [5.41, 5.74) is 2.20. The van der Waals surface area contributed by atoms with Crippen molar-refractivity contribution in [1.29, 1.82) is 0 Å². The molecule has 1 saturated carbocycles. The summed E-state index contributed by atoms with van der Waals surface area (Å²) >= 11 is 3.47. The lowest BCUT2D eigenvalue weighted by molar-refractivity contribution is -0.122. The van der Waals surface area contributed by atoms with Gasteiger partial charge in [0.05, 0.1) is 12.6 Å². The first kappa shape index (κ1) is 19.1. The van der Waals surface area contributed by atoms with Crippen LogP contribution in [-0.4, -0.2) is 41.5 Å². The molecule has 1 aliphatic carbocycles. The molecule has 2 amide bonds. The summed E-state index contributed by atoms with van der Waals surface area (Å²) in [6, 6.07) is 11.1. The molecule has 1 aliphatic heterocycles. The number of aliphatic hydroxyl groups excluding tert-OH is 1. The van der Waals surface area contributed by atoms with E-state index in [0.717, 1.165) is 22.9 Å². The number of halogens is 2. The van der Waals surface area contributed by atoms with E-state index in [9.17, 15) is 19.1 Å². The lowest BCUT2D eigenvalue weighted by Crippen LogP contribution is -2.48. The third-order valence-electron chi connectivity index (χ3n) is 5.50. The Morgan fingerprint density at radius 2 is 1.96 bits per heavy atom. The van der Waals surface area contributed by atoms with Crippen molar-refractivity contribution >= 4 is 27.7 Å². The number of rotatable bonds is 5. The molecule has 1 spiro atoms. The molecule has 2 aromatic carbocycles. The number of hydrogen-bond donors (Lipinski definition) is 2. The van der Waals surface area contributed by atoms with Crippen molar-refractivity contribution in [2.75, 3.05) is 19.6 Å². The zero-order valence-corrected chi connectivity index (χ0v) is 16.7. The maximum absolute atomic E-state index is 13.0.